The van der Waals surface area contributed by atoms with E-state index in [2.05, 4.69) is 5.32 Å². The second-order valence-electron chi connectivity index (χ2n) is 6.75. The molecule has 0 radical (unpaired) electrons. The second kappa shape index (κ2) is 7.70. The highest BCUT2D eigenvalue weighted by Crippen LogP contribution is 2.27. The lowest BCUT2D eigenvalue weighted by molar-refractivity contribution is 0.102. The van der Waals surface area contributed by atoms with Gasteiger partial charge in [-0.15, -0.1) is 0 Å². The van der Waals surface area contributed by atoms with Gasteiger partial charge in [0.2, 0.25) is 10.0 Å². The molecule has 1 amide bonds. The number of sulfonamides is 1. The van der Waals surface area contributed by atoms with E-state index in [-0.39, 0.29) is 10.5 Å². The second-order valence-corrected chi connectivity index (χ2v) is 8.68. The molecule has 2 aromatic rings. The fraction of sp³-hybridized carbons (Fsp3) is 0.350. The standard InChI is InChI=1S/C20H24N2O4S/c1-14-6-7-15(2)18(12-14)21-20(23)17-13-16(8-9-19(17)26-3)27(24,25)22-10-4-5-11-22/h6-9,12-13H,4-5,10-11H2,1-3H3,(H,21,23). The van der Waals surface area contributed by atoms with E-state index in [1.54, 1.807) is 0 Å². The van der Waals surface area contributed by atoms with E-state index in [4.69, 9.17) is 4.74 Å². The first kappa shape index (κ1) is 19.4. The van der Waals surface area contributed by atoms with Crippen molar-refractivity contribution in [3.8, 4) is 5.75 Å². The molecule has 2 aromatic carbocycles. The number of hydrogen-bond acceptors (Lipinski definition) is 4. The first-order valence-corrected chi connectivity index (χ1v) is 10.3. The lowest BCUT2D eigenvalue weighted by Gasteiger charge is -2.17. The highest BCUT2D eigenvalue weighted by Gasteiger charge is 2.28. The van der Waals surface area contributed by atoms with Gasteiger partial charge in [0.15, 0.2) is 0 Å². The molecule has 1 N–H and O–H groups in total. The Morgan fingerprint density at radius 3 is 2.44 bits per heavy atom. The predicted molar refractivity (Wildman–Crippen MR) is 105 cm³/mol. The molecule has 1 heterocycles. The Bertz CT molecular complexity index is 964. The van der Waals surface area contributed by atoms with E-state index in [9.17, 15) is 13.2 Å². The quantitative estimate of drug-likeness (QED) is 0.852. The molecule has 0 bridgehead atoms. The third-order valence-corrected chi connectivity index (χ3v) is 6.65. The van der Waals surface area contributed by atoms with Gasteiger partial charge in [-0.3, -0.25) is 4.79 Å². The van der Waals surface area contributed by atoms with Gasteiger partial charge in [0, 0.05) is 18.8 Å². The van der Waals surface area contributed by atoms with Gasteiger partial charge in [0.25, 0.3) is 5.91 Å². The number of nitrogens with one attached hydrogen (secondary N) is 1. The lowest BCUT2D eigenvalue weighted by Crippen LogP contribution is -2.28. The number of rotatable bonds is 5. The van der Waals surface area contributed by atoms with Crippen LogP contribution in [0.3, 0.4) is 0 Å². The largest absolute Gasteiger partial charge is 0.496 e. The van der Waals surface area contributed by atoms with Crippen LogP contribution in [-0.4, -0.2) is 38.8 Å². The van der Waals surface area contributed by atoms with E-state index in [0.29, 0.717) is 24.5 Å². The molecule has 0 spiro atoms. The zero-order valence-corrected chi connectivity index (χ0v) is 16.6. The van der Waals surface area contributed by atoms with E-state index >= 15 is 0 Å². The van der Waals surface area contributed by atoms with Crippen LogP contribution in [0, 0.1) is 13.8 Å². The van der Waals surface area contributed by atoms with Crippen molar-refractivity contribution < 1.29 is 17.9 Å². The third kappa shape index (κ3) is 3.99. The van der Waals surface area contributed by atoms with E-state index in [1.807, 2.05) is 32.0 Å². The van der Waals surface area contributed by atoms with Crippen LogP contribution < -0.4 is 10.1 Å². The summed E-state index contributed by atoms with van der Waals surface area (Å²) >= 11 is 0. The van der Waals surface area contributed by atoms with Crippen molar-refractivity contribution in [2.45, 2.75) is 31.6 Å². The van der Waals surface area contributed by atoms with Crippen molar-refractivity contribution in [3.05, 3.63) is 53.1 Å². The molecule has 144 valence electrons. The van der Waals surface area contributed by atoms with Crippen LogP contribution in [0.15, 0.2) is 41.3 Å². The number of anilines is 1. The van der Waals surface area contributed by atoms with Crippen molar-refractivity contribution in [3.63, 3.8) is 0 Å². The third-order valence-electron chi connectivity index (χ3n) is 4.76. The predicted octanol–water partition coefficient (Wildman–Crippen LogP) is 3.35. The molecule has 27 heavy (non-hydrogen) atoms. The van der Waals surface area contributed by atoms with Gasteiger partial charge in [-0.2, -0.15) is 4.31 Å². The van der Waals surface area contributed by atoms with Gasteiger partial charge in [-0.25, -0.2) is 8.42 Å². The molecule has 1 aliphatic heterocycles. The maximum atomic E-state index is 12.9. The van der Waals surface area contributed by atoms with Crippen molar-refractivity contribution in [2.24, 2.45) is 0 Å². The van der Waals surface area contributed by atoms with Crippen LogP contribution >= 0.6 is 0 Å². The van der Waals surface area contributed by atoms with E-state index in [1.165, 1.54) is 29.6 Å². The minimum Gasteiger partial charge on any atom is -0.496 e. The lowest BCUT2D eigenvalue weighted by atomic mass is 10.1. The number of nitrogens with zero attached hydrogens (tertiary/aromatic N) is 1. The fourth-order valence-corrected chi connectivity index (χ4v) is 4.71. The van der Waals surface area contributed by atoms with Crippen LogP contribution in [0.1, 0.15) is 34.3 Å². The zero-order chi connectivity index (χ0) is 19.6. The smallest absolute Gasteiger partial charge is 0.259 e. The number of carbonyl (C=O) groups is 1. The summed E-state index contributed by atoms with van der Waals surface area (Å²) in [5, 5.41) is 2.86. The van der Waals surface area contributed by atoms with Gasteiger partial charge in [0.05, 0.1) is 17.6 Å². The molecule has 1 saturated heterocycles. The number of ether oxygens (including phenoxy) is 1. The molecule has 6 nitrogen and oxygen atoms in total. The minimum absolute atomic E-state index is 0.108. The molecule has 3 rings (SSSR count). The van der Waals surface area contributed by atoms with Crippen molar-refractivity contribution in [2.75, 3.05) is 25.5 Å². The summed E-state index contributed by atoms with van der Waals surface area (Å²) in [5.41, 5.74) is 2.83. The first-order valence-electron chi connectivity index (χ1n) is 8.90. The molecule has 1 fully saturated rings. The van der Waals surface area contributed by atoms with Crippen LogP contribution in [0.25, 0.3) is 0 Å². The zero-order valence-electron chi connectivity index (χ0n) is 15.8. The summed E-state index contributed by atoms with van der Waals surface area (Å²) in [4.78, 5) is 13.0. The maximum Gasteiger partial charge on any atom is 0.259 e. The van der Waals surface area contributed by atoms with Crippen molar-refractivity contribution >= 4 is 21.6 Å². The monoisotopic (exact) mass is 388 g/mol. The van der Waals surface area contributed by atoms with Crippen LogP contribution in [-0.2, 0) is 10.0 Å². The van der Waals surface area contributed by atoms with E-state index in [0.717, 1.165) is 24.0 Å². The molecule has 0 saturated carbocycles. The minimum atomic E-state index is -3.61. The number of amides is 1. The summed E-state index contributed by atoms with van der Waals surface area (Å²) in [6, 6.07) is 10.2. The first-order chi connectivity index (χ1) is 12.8. The highest BCUT2D eigenvalue weighted by molar-refractivity contribution is 7.89. The average Bonchev–Trinajstić information content (AvgIpc) is 3.19. The fourth-order valence-electron chi connectivity index (χ4n) is 3.16. The molecule has 0 aliphatic carbocycles. The number of hydrogen-bond donors (Lipinski definition) is 1. The molecular formula is C20H24N2O4S. The Kier molecular flexibility index (Phi) is 5.53. The molecule has 1 aliphatic rings. The summed E-state index contributed by atoms with van der Waals surface area (Å²) in [6.07, 6.45) is 1.71. The van der Waals surface area contributed by atoms with Crippen molar-refractivity contribution in [1.82, 2.24) is 4.31 Å². The summed E-state index contributed by atoms with van der Waals surface area (Å²) < 4.78 is 32.4. The van der Waals surface area contributed by atoms with Gasteiger partial charge in [0.1, 0.15) is 5.75 Å². The van der Waals surface area contributed by atoms with Crippen LogP contribution in [0.5, 0.6) is 5.75 Å². The summed E-state index contributed by atoms with van der Waals surface area (Å²) in [5.74, 6) is -0.0720. The SMILES string of the molecule is COc1ccc(S(=O)(=O)N2CCCC2)cc1C(=O)Nc1cc(C)ccc1C. The van der Waals surface area contributed by atoms with Gasteiger partial charge >= 0.3 is 0 Å². The molecular weight excluding hydrogens is 364 g/mol. The van der Waals surface area contributed by atoms with Gasteiger partial charge in [-0.1, -0.05) is 12.1 Å². The van der Waals surface area contributed by atoms with Gasteiger partial charge in [-0.05, 0) is 62.1 Å². The normalized spacial score (nSPS) is 14.9. The Labute approximate surface area is 160 Å². The molecule has 0 unspecified atom stereocenters. The molecule has 0 aromatic heterocycles. The highest BCUT2D eigenvalue weighted by atomic mass is 32.2. The number of aryl methyl sites for hydroxylation is 2. The topological polar surface area (TPSA) is 75.7 Å². The number of benzene rings is 2. The Morgan fingerprint density at radius 1 is 1.07 bits per heavy atom. The van der Waals surface area contributed by atoms with Crippen LogP contribution in [0.2, 0.25) is 0 Å². The Balaban J connectivity index is 1.96. The number of methoxy groups -OCH3 is 1. The maximum absolute atomic E-state index is 12.9. The van der Waals surface area contributed by atoms with Crippen LogP contribution in [0.4, 0.5) is 5.69 Å². The molecule has 0 atom stereocenters. The summed E-state index contributed by atoms with van der Waals surface area (Å²) in [7, 11) is -2.15. The number of carbonyl (C=O) groups excluding carboxylic acids is 1. The van der Waals surface area contributed by atoms with Crippen molar-refractivity contribution in [1.29, 1.82) is 0 Å². The summed E-state index contributed by atoms with van der Waals surface area (Å²) in [6.45, 7) is 4.87. The average molecular weight is 388 g/mol. The Morgan fingerprint density at radius 2 is 1.78 bits per heavy atom. The molecule has 7 heteroatoms. The van der Waals surface area contributed by atoms with E-state index < -0.39 is 15.9 Å². The van der Waals surface area contributed by atoms with Gasteiger partial charge < -0.3 is 10.1 Å². The Hall–Kier alpha value is -2.38.